The number of piperidine rings is 1. The first-order chi connectivity index (χ1) is 20.1. The van der Waals surface area contributed by atoms with Crippen molar-refractivity contribution in [2.24, 2.45) is 5.92 Å². The van der Waals surface area contributed by atoms with Crippen molar-refractivity contribution in [3.05, 3.63) is 22.9 Å². The van der Waals surface area contributed by atoms with Gasteiger partial charge in [-0.25, -0.2) is 19.7 Å². The molecule has 1 atom stereocenters. The lowest BCUT2D eigenvalue weighted by atomic mass is 9.92. The maximum absolute atomic E-state index is 13.2. The molecule has 2 saturated heterocycles. The van der Waals surface area contributed by atoms with Gasteiger partial charge in [-0.15, -0.1) is 0 Å². The van der Waals surface area contributed by atoms with Crippen molar-refractivity contribution in [3.8, 4) is 23.0 Å². The van der Waals surface area contributed by atoms with E-state index in [2.05, 4.69) is 25.9 Å². The third-order valence-corrected chi connectivity index (χ3v) is 9.58. The lowest BCUT2D eigenvalue weighted by Crippen LogP contribution is -2.60. The number of rotatable bonds is 6. The summed E-state index contributed by atoms with van der Waals surface area (Å²) in [6.45, 7) is 8.34. The first-order valence-electron chi connectivity index (χ1n) is 14.1. The maximum atomic E-state index is 13.2. The molecular formula is C28H34BrN7O5S. The van der Waals surface area contributed by atoms with Crippen LogP contribution in [0, 0.1) is 5.92 Å². The van der Waals surface area contributed by atoms with Crippen LogP contribution in [0.2, 0.25) is 0 Å². The van der Waals surface area contributed by atoms with Crippen molar-refractivity contribution in [2.75, 3.05) is 32.2 Å². The summed E-state index contributed by atoms with van der Waals surface area (Å²) in [6, 6.07) is 3.37. The van der Waals surface area contributed by atoms with E-state index < -0.39 is 17.7 Å². The van der Waals surface area contributed by atoms with Crippen LogP contribution in [0.1, 0.15) is 46.5 Å². The Bertz CT molecular complexity index is 1470. The summed E-state index contributed by atoms with van der Waals surface area (Å²) in [7, 11) is 0. The molecule has 42 heavy (non-hydrogen) atoms. The molecule has 2 N–H and O–H groups in total. The minimum atomic E-state index is -0.582. The number of amides is 2. The summed E-state index contributed by atoms with van der Waals surface area (Å²) in [5.74, 6) is 2.91. The Morgan fingerprint density at radius 3 is 2.55 bits per heavy atom. The molecule has 0 saturated carbocycles. The van der Waals surface area contributed by atoms with Gasteiger partial charge in [0.2, 0.25) is 12.7 Å². The first-order valence-corrected chi connectivity index (χ1v) is 15.7. The van der Waals surface area contributed by atoms with Crippen molar-refractivity contribution in [1.82, 2.24) is 29.3 Å². The normalized spacial score (nSPS) is 18.8. The van der Waals surface area contributed by atoms with E-state index in [0.717, 1.165) is 28.6 Å². The van der Waals surface area contributed by atoms with E-state index in [4.69, 9.17) is 24.9 Å². The number of hydrogen-bond acceptors (Lipinski definition) is 10. The molecule has 224 valence electrons. The van der Waals surface area contributed by atoms with Crippen LogP contribution in [0.3, 0.4) is 0 Å². The molecule has 0 aromatic heterocycles. The van der Waals surface area contributed by atoms with Crippen molar-refractivity contribution in [1.29, 1.82) is 0 Å². The second kappa shape index (κ2) is 11.4. The molecule has 2 amide bonds. The Morgan fingerprint density at radius 2 is 1.86 bits per heavy atom. The lowest BCUT2D eigenvalue weighted by Gasteiger charge is -2.43. The van der Waals surface area contributed by atoms with Crippen molar-refractivity contribution >= 4 is 45.5 Å². The molecule has 0 bridgehead atoms. The molecule has 0 radical (unpaired) electrons. The Balaban J connectivity index is 1.05. The van der Waals surface area contributed by atoms with Crippen LogP contribution in [0.25, 0.3) is 11.5 Å². The van der Waals surface area contributed by atoms with Crippen LogP contribution in [0.15, 0.2) is 33.0 Å². The molecule has 5 heterocycles. The highest BCUT2D eigenvalue weighted by molar-refractivity contribution is 9.10. The number of benzene rings is 1. The molecule has 6 rings (SSSR count). The zero-order valence-corrected chi connectivity index (χ0v) is 26.2. The van der Waals surface area contributed by atoms with Gasteiger partial charge in [0.15, 0.2) is 34.0 Å². The number of anilines is 1. The Labute approximate surface area is 256 Å². The number of fused-ring (bicyclic) bond motifs is 2. The van der Waals surface area contributed by atoms with Crippen molar-refractivity contribution < 1.29 is 23.8 Å². The summed E-state index contributed by atoms with van der Waals surface area (Å²) in [4.78, 5) is 43.8. The molecule has 5 aliphatic rings. The molecular weight excluding hydrogens is 626 g/mol. The fourth-order valence-corrected chi connectivity index (χ4v) is 6.73. The average Bonchev–Trinajstić information content (AvgIpc) is 3.54. The van der Waals surface area contributed by atoms with Crippen LogP contribution in [0.4, 0.5) is 10.6 Å². The zero-order valence-electron chi connectivity index (χ0n) is 23.8. The van der Waals surface area contributed by atoms with Gasteiger partial charge in [0, 0.05) is 35.5 Å². The minimum Gasteiger partial charge on any atom is -0.454 e. The predicted molar refractivity (Wildman–Crippen MR) is 159 cm³/mol. The molecule has 1 aromatic carbocycles. The van der Waals surface area contributed by atoms with Crippen molar-refractivity contribution in [3.63, 3.8) is 0 Å². The number of aryl methyl sites for hydroxylation is 1. The molecule has 0 aliphatic carbocycles. The number of nitrogens with zero attached hydrogens (tertiary/aromatic N) is 6. The predicted octanol–water partition coefficient (Wildman–Crippen LogP) is 4.64. The maximum Gasteiger partial charge on any atom is 0.410 e. The number of likely N-dealkylation sites (tertiary alicyclic amines) is 2. The van der Waals surface area contributed by atoms with Gasteiger partial charge in [-0.1, -0.05) is 0 Å². The van der Waals surface area contributed by atoms with Gasteiger partial charge >= 0.3 is 6.09 Å². The Kier molecular flexibility index (Phi) is 7.85. The third-order valence-electron chi connectivity index (χ3n) is 7.74. The Morgan fingerprint density at radius 1 is 1.12 bits per heavy atom. The highest BCUT2D eigenvalue weighted by Gasteiger charge is 2.42. The van der Waals surface area contributed by atoms with E-state index in [1.54, 1.807) is 11.2 Å². The van der Waals surface area contributed by atoms with Gasteiger partial charge in [0.05, 0.1) is 6.33 Å². The molecule has 1 aromatic rings. The van der Waals surface area contributed by atoms with Crippen LogP contribution in [0.5, 0.6) is 11.5 Å². The van der Waals surface area contributed by atoms with E-state index in [1.165, 1.54) is 11.8 Å². The number of carbonyl (C=O) groups excluding carboxylic acids is 2. The standard InChI is InChI=1S/C28H34BrN7O5S/c1-28(2,3)41-27(38)36-11-7-18(36)25(37)34-8-4-16(5-9-34)6-10-35-14-31-23(30)22-24(35)33-26(32-22)42-21-13-20-19(12-17(21)29)39-15-40-20/h12-14,16,18H,4-11,15,30H2,1-3H3/t18-/m0/s1. The van der Waals surface area contributed by atoms with Crippen LogP contribution in [-0.2, 0) is 16.1 Å². The van der Waals surface area contributed by atoms with Gasteiger partial charge in [0.1, 0.15) is 11.6 Å². The van der Waals surface area contributed by atoms with Gasteiger partial charge in [-0.3, -0.25) is 9.69 Å². The van der Waals surface area contributed by atoms with Gasteiger partial charge in [-0.05, 0) is 92.2 Å². The summed E-state index contributed by atoms with van der Waals surface area (Å²) in [5, 5.41) is 0.571. The van der Waals surface area contributed by atoms with E-state index in [-0.39, 0.29) is 12.7 Å². The number of hydrogen-bond donors (Lipinski definition) is 1. The topological polar surface area (TPSA) is 138 Å². The lowest BCUT2D eigenvalue weighted by molar-refractivity contribution is -0.142. The number of halogens is 1. The average molecular weight is 661 g/mol. The third kappa shape index (κ3) is 5.96. The number of nitrogens with two attached hydrogens (primary N) is 1. The second-order valence-electron chi connectivity index (χ2n) is 11.8. The first kappa shape index (κ1) is 28.8. The van der Waals surface area contributed by atoms with E-state index in [1.807, 2.05) is 42.4 Å². The largest absolute Gasteiger partial charge is 0.454 e. The number of imidazole rings is 1. The van der Waals surface area contributed by atoms with Crippen molar-refractivity contribution in [2.45, 2.75) is 74.7 Å². The highest BCUT2D eigenvalue weighted by Crippen LogP contribution is 2.43. The molecule has 2 fully saturated rings. The smallest absolute Gasteiger partial charge is 0.410 e. The monoisotopic (exact) mass is 659 g/mol. The van der Waals surface area contributed by atoms with E-state index >= 15 is 0 Å². The molecule has 0 spiro atoms. The van der Waals surface area contributed by atoms with Crippen LogP contribution in [-0.4, -0.2) is 79.4 Å². The van der Waals surface area contributed by atoms with Gasteiger partial charge < -0.3 is 29.4 Å². The number of aromatic nitrogens is 4. The van der Waals surface area contributed by atoms with Crippen LogP contribution < -0.4 is 15.2 Å². The highest BCUT2D eigenvalue weighted by atomic mass is 79.9. The number of ether oxygens (including phenoxy) is 3. The Hall–Kier alpha value is -3.26. The summed E-state index contributed by atoms with van der Waals surface area (Å²) >= 11 is 5.01. The number of nitrogen functional groups attached to an aromatic ring is 1. The summed E-state index contributed by atoms with van der Waals surface area (Å²) in [5.41, 5.74) is 6.16. The van der Waals surface area contributed by atoms with Gasteiger partial charge in [-0.2, -0.15) is 0 Å². The fraction of sp³-hybridized carbons (Fsp3) is 0.536. The molecule has 0 unspecified atom stereocenters. The SMILES string of the molecule is CC(C)(C)OC(=O)N1CC[C@H]1C(=O)N1CCC(CCn2cnc(N)c3nc(Sc4cc5c(cc4Br)OCO5)nc2-3)CC1. The van der Waals surface area contributed by atoms with Crippen LogP contribution >= 0.6 is 27.7 Å². The van der Waals surface area contributed by atoms with E-state index in [9.17, 15) is 9.59 Å². The summed E-state index contributed by atoms with van der Waals surface area (Å²) < 4.78 is 19.3. The minimum absolute atomic E-state index is 0.0237. The quantitative estimate of drug-likeness (QED) is 0.398. The second-order valence-corrected chi connectivity index (χ2v) is 13.6. The summed E-state index contributed by atoms with van der Waals surface area (Å²) in [6.07, 6.45) is 4.72. The fourth-order valence-electron chi connectivity index (χ4n) is 5.38. The number of carbonyl (C=O) groups is 2. The molecule has 5 aliphatic heterocycles. The zero-order chi connectivity index (χ0) is 29.6. The van der Waals surface area contributed by atoms with E-state index in [0.29, 0.717) is 72.5 Å². The van der Waals surface area contributed by atoms with Gasteiger partial charge in [0.25, 0.3) is 0 Å². The molecule has 12 nitrogen and oxygen atoms in total. The molecule has 14 heteroatoms.